The van der Waals surface area contributed by atoms with Crippen LogP contribution in [0.1, 0.15) is 31.7 Å². The molecule has 0 unspecified atom stereocenters. The highest BCUT2D eigenvalue weighted by molar-refractivity contribution is 5.84. The molecule has 0 amide bonds. The van der Waals surface area contributed by atoms with E-state index in [0.717, 1.165) is 22.3 Å². The molecule has 1 aromatic heterocycles. The summed E-state index contributed by atoms with van der Waals surface area (Å²) in [5, 5.41) is 28.8. The van der Waals surface area contributed by atoms with Crippen LogP contribution in [0.4, 0.5) is 10.2 Å². The van der Waals surface area contributed by atoms with Crippen molar-refractivity contribution in [3.63, 3.8) is 0 Å². The molecule has 0 saturated carbocycles. The first-order chi connectivity index (χ1) is 13.7. The first-order valence-corrected chi connectivity index (χ1v) is 9.66. The summed E-state index contributed by atoms with van der Waals surface area (Å²) in [5.74, 6) is 0.596. The molecule has 29 heavy (non-hydrogen) atoms. The van der Waals surface area contributed by atoms with Crippen molar-refractivity contribution in [2.45, 2.75) is 50.4 Å². The number of benzene rings is 1. The zero-order valence-corrected chi connectivity index (χ0v) is 16.6. The van der Waals surface area contributed by atoms with E-state index < -0.39 is 17.3 Å². The highest BCUT2D eigenvalue weighted by Crippen LogP contribution is 2.40. The summed E-state index contributed by atoms with van der Waals surface area (Å²) in [7, 11) is 0. The maximum absolute atomic E-state index is 13.5. The number of hydrogen-bond donors (Lipinski definition) is 3. The lowest BCUT2D eigenvalue weighted by Gasteiger charge is -2.51. The number of fused-ring (bicyclic) bond motifs is 1. The second-order valence-corrected chi connectivity index (χ2v) is 7.97. The summed E-state index contributed by atoms with van der Waals surface area (Å²) in [6.45, 7) is 5.23. The molecule has 2 aromatic rings. The van der Waals surface area contributed by atoms with E-state index in [1.165, 1.54) is 12.1 Å². The van der Waals surface area contributed by atoms with Gasteiger partial charge in [0.05, 0.1) is 17.7 Å². The molecule has 2 fully saturated rings. The third-order valence-electron chi connectivity index (χ3n) is 5.98. The Labute approximate surface area is 168 Å². The van der Waals surface area contributed by atoms with E-state index in [0.29, 0.717) is 39.0 Å². The van der Waals surface area contributed by atoms with Crippen molar-refractivity contribution in [3.05, 3.63) is 35.6 Å². The zero-order chi connectivity index (χ0) is 21.2. The number of carbonyl (C=O) groups is 1. The summed E-state index contributed by atoms with van der Waals surface area (Å²) in [6, 6.07) is 6.63. The van der Waals surface area contributed by atoms with Gasteiger partial charge in [-0.15, -0.1) is 0 Å². The van der Waals surface area contributed by atoms with Crippen LogP contribution in [0.15, 0.2) is 24.3 Å². The van der Waals surface area contributed by atoms with Crippen LogP contribution in [-0.2, 0) is 9.53 Å². The Morgan fingerprint density at radius 2 is 1.93 bits per heavy atom. The Morgan fingerprint density at radius 1 is 1.28 bits per heavy atom. The number of aromatic nitrogens is 1. The lowest BCUT2D eigenvalue weighted by atomic mass is 9.75. The maximum Gasteiger partial charge on any atom is 0.290 e. The Bertz CT molecular complexity index is 881. The molecular weight excluding hydrogens is 379 g/mol. The van der Waals surface area contributed by atoms with Crippen molar-refractivity contribution < 1.29 is 29.2 Å². The first-order valence-electron chi connectivity index (χ1n) is 9.66. The molecule has 2 aliphatic rings. The number of pyridine rings is 1. The lowest BCUT2D eigenvalue weighted by molar-refractivity contribution is -0.239. The molecular formula is C21H27FN2O5. The van der Waals surface area contributed by atoms with Crippen molar-refractivity contribution in [2.75, 3.05) is 24.6 Å². The number of aliphatic hydroxyl groups excluding tert-OH is 1. The minimum atomic E-state index is -1.11. The fourth-order valence-corrected chi connectivity index (χ4v) is 4.29. The molecule has 3 N–H and O–H groups in total. The van der Waals surface area contributed by atoms with E-state index in [4.69, 9.17) is 14.6 Å². The summed E-state index contributed by atoms with van der Waals surface area (Å²) in [6.07, 6.45) is 0.820. The van der Waals surface area contributed by atoms with Crippen LogP contribution in [0.3, 0.4) is 0 Å². The van der Waals surface area contributed by atoms with E-state index in [1.807, 2.05) is 13.0 Å². The minimum absolute atomic E-state index is 0.250. The molecule has 7 nitrogen and oxygen atoms in total. The molecule has 8 heteroatoms. The second kappa shape index (κ2) is 8.22. The molecule has 0 bridgehead atoms. The van der Waals surface area contributed by atoms with Gasteiger partial charge in [-0.05, 0) is 56.5 Å². The third kappa shape index (κ3) is 4.19. The lowest BCUT2D eigenvalue weighted by Crippen LogP contribution is -2.64. The van der Waals surface area contributed by atoms with Gasteiger partial charge in [-0.2, -0.15) is 0 Å². The van der Waals surface area contributed by atoms with Crippen molar-refractivity contribution in [1.29, 1.82) is 0 Å². The van der Waals surface area contributed by atoms with Crippen molar-refractivity contribution in [3.8, 4) is 0 Å². The smallest absolute Gasteiger partial charge is 0.290 e. The molecule has 2 atom stereocenters. The van der Waals surface area contributed by atoms with Gasteiger partial charge >= 0.3 is 0 Å². The summed E-state index contributed by atoms with van der Waals surface area (Å²) in [5.41, 5.74) is -0.0320. The SMILES string of the molecule is Cc1cc(N2CCC3(CC2)OCC[C@@](C)(O)[C@@H]3O)nc2ccc(F)cc12.O=CO. The predicted molar refractivity (Wildman–Crippen MR) is 107 cm³/mol. The highest BCUT2D eigenvalue weighted by atomic mass is 19.1. The Hall–Kier alpha value is -2.29. The van der Waals surface area contributed by atoms with Crippen LogP contribution < -0.4 is 4.90 Å². The molecule has 1 aromatic carbocycles. The molecule has 1 spiro atoms. The Morgan fingerprint density at radius 3 is 2.59 bits per heavy atom. The summed E-state index contributed by atoms with van der Waals surface area (Å²) < 4.78 is 19.4. The van der Waals surface area contributed by atoms with Crippen molar-refractivity contribution in [2.24, 2.45) is 0 Å². The fourth-order valence-electron chi connectivity index (χ4n) is 4.29. The number of piperidine rings is 1. The van der Waals surface area contributed by atoms with Crippen LogP contribution in [0.5, 0.6) is 0 Å². The number of rotatable bonds is 1. The van der Waals surface area contributed by atoms with Gasteiger partial charge < -0.3 is 25.0 Å². The van der Waals surface area contributed by atoms with E-state index >= 15 is 0 Å². The topological polar surface area (TPSA) is 103 Å². The van der Waals surface area contributed by atoms with Gasteiger partial charge in [0, 0.05) is 24.9 Å². The van der Waals surface area contributed by atoms with Gasteiger partial charge in [0.25, 0.3) is 6.47 Å². The maximum atomic E-state index is 13.5. The number of anilines is 1. The quantitative estimate of drug-likeness (QED) is 0.624. The number of hydrogen-bond acceptors (Lipinski definition) is 6. The molecule has 0 radical (unpaired) electrons. The van der Waals surface area contributed by atoms with Crippen LogP contribution in [-0.4, -0.2) is 63.8 Å². The second-order valence-electron chi connectivity index (χ2n) is 7.97. The number of aliphatic hydroxyl groups is 2. The monoisotopic (exact) mass is 406 g/mol. The van der Waals surface area contributed by atoms with E-state index in [-0.39, 0.29) is 12.3 Å². The number of nitrogens with zero attached hydrogens (tertiary/aromatic N) is 2. The third-order valence-corrected chi connectivity index (χ3v) is 5.98. The van der Waals surface area contributed by atoms with E-state index in [9.17, 15) is 14.6 Å². The Kier molecular flexibility index (Phi) is 6.07. The number of halogens is 1. The number of carboxylic acid groups (broad SMARTS) is 1. The minimum Gasteiger partial charge on any atom is -0.483 e. The molecule has 4 rings (SSSR count). The Balaban J connectivity index is 0.000000755. The van der Waals surface area contributed by atoms with Gasteiger partial charge in [0.15, 0.2) is 0 Å². The normalized spacial score (nSPS) is 26.1. The van der Waals surface area contributed by atoms with Gasteiger partial charge in [-0.1, -0.05) is 0 Å². The van der Waals surface area contributed by atoms with Crippen LogP contribution in [0.2, 0.25) is 0 Å². The van der Waals surface area contributed by atoms with Gasteiger partial charge in [-0.25, -0.2) is 9.37 Å². The molecule has 3 heterocycles. The largest absolute Gasteiger partial charge is 0.483 e. The standard InChI is InChI=1S/C20H25FN2O3.CH2O2/c1-13-11-17(22-16-4-3-14(21)12-15(13)16)23-8-5-20(6-9-23)18(24)19(2,25)7-10-26-20;2-1-3/h3-4,11-12,18,24-25H,5-10H2,1-2H3;1H,(H,2,3)/t18-,19+;/m0./s1. The summed E-state index contributed by atoms with van der Waals surface area (Å²) in [4.78, 5) is 15.2. The van der Waals surface area contributed by atoms with Gasteiger partial charge in [0.2, 0.25) is 0 Å². The fraction of sp³-hybridized carbons (Fsp3) is 0.524. The molecule has 0 aliphatic carbocycles. The average Bonchev–Trinajstić information content (AvgIpc) is 2.68. The number of ether oxygens (including phenoxy) is 1. The van der Waals surface area contributed by atoms with Gasteiger partial charge in [-0.3, -0.25) is 4.79 Å². The van der Waals surface area contributed by atoms with E-state index in [1.54, 1.807) is 13.0 Å². The average molecular weight is 406 g/mol. The predicted octanol–water partition coefficient (Wildman–Crippen LogP) is 2.25. The first kappa shape index (κ1) is 21.4. The van der Waals surface area contributed by atoms with Crippen LogP contribution in [0, 0.1) is 12.7 Å². The number of aryl methyl sites for hydroxylation is 1. The van der Waals surface area contributed by atoms with Crippen LogP contribution in [0.25, 0.3) is 10.9 Å². The molecule has 2 saturated heterocycles. The van der Waals surface area contributed by atoms with Gasteiger partial charge in [0.1, 0.15) is 23.3 Å². The van der Waals surface area contributed by atoms with Crippen molar-refractivity contribution in [1.82, 2.24) is 4.98 Å². The van der Waals surface area contributed by atoms with Crippen LogP contribution >= 0.6 is 0 Å². The van der Waals surface area contributed by atoms with E-state index in [2.05, 4.69) is 9.88 Å². The molecule has 158 valence electrons. The zero-order valence-electron chi connectivity index (χ0n) is 16.6. The van der Waals surface area contributed by atoms with Crippen molar-refractivity contribution >= 4 is 23.2 Å². The summed E-state index contributed by atoms with van der Waals surface area (Å²) >= 11 is 0. The molecule has 2 aliphatic heterocycles. The highest BCUT2D eigenvalue weighted by Gasteiger charge is 2.52.